The third kappa shape index (κ3) is 2.59. The van der Waals surface area contributed by atoms with Crippen LogP contribution < -0.4 is 10.1 Å². The van der Waals surface area contributed by atoms with Gasteiger partial charge in [0, 0.05) is 12.6 Å². The number of hydrogen-bond donors (Lipinski definition) is 1. The molecule has 0 fully saturated rings. The topological polar surface area (TPSA) is 33.6 Å². The highest BCUT2D eigenvalue weighted by molar-refractivity contribution is 6.30. The lowest BCUT2D eigenvalue weighted by molar-refractivity contribution is 0.371. The van der Waals surface area contributed by atoms with E-state index in [1.54, 1.807) is 6.07 Å². The summed E-state index contributed by atoms with van der Waals surface area (Å²) >= 11 is 5.54. The minimum atomic E-state index is -0.476. The molecule has 0 atom stereocenters. The molecule has 1 aromatic rings. The second-order valence-electron chi connectivity index (χ2n) is 3.12. The van der Waals surface area contributed by atoms with Crippen molar-refractivity contribution in [3.05, 3.63) is 29.0 Å². The largest absolute Gasteiger partial charge is 0.486 e. The van der Waals surface area contributed by atoms with Crippen LogP contribution >= 0.6 is 11.6 Å². The van der Waals surface area contributed by atoms with Crippen LogP contribution in [-0.4, -0.2) is 25.5 Å². The molecule has 0 aliphatic carbocycles. The number of halogens is 2. The second kappa shape index (κ2) is 4.49. The van der Waals surface area contributed by atoms with Gasteiger partial charge in [-0.25, -0.2) is 4.39 Å². The number of aliphatic imine (C=N–C) groups is 1. The van der Waals surface area contributed by atoms with Crippen molar-refractivity contribution >= 4 is 17.4 Å². The van der Waals surface area contributed by atoms with Crippen LogP contribution in [0.1, 0.15) is 0 Å². The molecule has 0 radical (unpaired) electrons. The van der Waals surface area contributed by atoms with Crippen molar-refractivity contribution in [3.8, 4) is 5.75 Å². The molecule has 5 heteroatoms. The fraction of sp³-hybridized carbons (Fsp3) is 0.300. The van der Waals surface area contributed by atoms with Crippen molar-refractivity contribution in [2.45, 2.75) is 0 Å². The summed E-state index contributed by atoms with van der Waals surface area (Å²) in [5, 5.41) is 3.15. The van der Waals surface area contributed by atoms with E-state index in [0.29, 0.717) is 12.4 Å². The molecular weight excluding hydrogens is 219 g/mol. The molecule has 80 valence electrons. The van der Waals surface area contributed by atoms with Crippen LogP contribution in [0.25, 0.3) is 0 Å². The van der Waals surface area contributed by atoms with Gasteiger partial charge in [-0.1, -0.05) is 11.6 Å². The summed E-state index contributed by atoms with van der Waals surface area (Å²) in [5.74, 6) is 0.772. The highest BCUT2D eigenvalue weighted by Crippen LogP contribution is 2.20. The normalized spacial score (nSPS) is 14.7. The Hall–Kier alpha value is -1.29. The first-order valence-corrected chi connectivity index (χ1v) is 4.98. The van der Waals surface area contributed by atoms with Crippen LogP contribution in [0.15, 0.2) is 23.2 Å². The van der Waals surface area contributed by atoms with Crippen molar-refractivity contribution in [2.75, 3.05) is 19.7 Å². The first-order chi connectivity index (χ1) is 7.25. The number of nitrogens with one attached hydrogen (secondary N) is 1. The standard InChI is InChI=1S/C10H10ClFN2O/c11-8-2-1-7(5-9(8)12)15-6-10-13-3-4-14-10/h1-2,5H,3-4,6H2,(H,13,14). The van der Waals surface area contributed by atoms with Gasteiger partial charge in [0.25, 0.3) is 0 Å². The zero-order valence-electron chi connectivity index (χ0n) is 7.96. The number of hydrogen-bond acceptors (Lipinski definition) is 3. The highest BCUT2D eigenvalue weighted by Gasteiger charge is 2.06. The maximum atomic E-state index is 13.0. The Balaban J connectivity index is 1.96. The van der Waals surface area contributed by atoms with Gasteiger partial charge in [0.1, 0.15) is 24.0 Å². The summed E-state index contributed by atoms with van der Waals surface area (Å²) in [7, 11) is 0. The number of rotatable bonds is 3. The lowest BCUT2D eigenvalue weighted by Crippen LogP contribution is -2.24. The zero-order chi connectivity index (χ0) is 10.7. The van der Waals surface area contributed by atoms with Gasteiger partial charge in [-0.3, -0.25) is 4.99 Å². The highest BCUT2D eigenvalue weighted by atomic mass is 35.5. The number of amidine groups is 1. The Kier molecular flexibility index (Phi) is 3.06. The SMILES string of the molecule is Fc1cc(OCC2=NCCN2)ccc1Cl. The molecule has 1 heterocycles. The lowest BCUT2D eigenvalue weighted by Gasteiger charge is -2.06. The average Bonchev–Trinajstić information content (AvgIpc) is 2.73. The quantitative estimate of drug-likeness (QED) is 0.857. The van der Waals surface area contributed by atoms with Crippen LogP contribution in [0.5, 0.6) is 5.75 Å². The van der Waals surface area contributed by atoms with Gasteiger partial charge in [0.15, 0.2) is 0 Å². The predicted molar refractivity (Wildman–Crippen MR) is 57.2 cm³/mol. The Morgan fingerprint density at radius 1 is 1.53 bits per heavy atom. The van der Waals surface area contributed by atoms with Gasteiger partial charge in [0.2, 0.25) is 0 Å². The smallest absolute Gasteiger partial charge is 0.145 e. The molecule has 0 saturated carbocycles. The van der Waals surface area contributed by atoms with Crippen LogP contribution in [0.3, 0.4) is 0 Å². The molecule has 2 rings (SSSR count). The third-order valence-corrected chi connectivity index (χ3v) is 2.32. The van der Waals surface area contributed by atoms with Crippen molar-refractivity contribution in [3.63, 3.8) is 0 Å². The Bertz CT molecular complexity index is 395. The Morgan fingerprint density at radius 2 is 2.40 bits per heavy atom. The summed E-state index contributed by atoms with van der Waals surface area (Å²) in [5.41, 5.74) is 0. The van der Waals surface area contributed by atoms with Crippen molar-refractivity contribution in [2.24, 2.45) is 4.99 Å². The molecule has 1 N–H and O–H groups in total. The van der Waals surface area contributed by atoms with Crippen LogP contribution in [0.4, 0.5) is 4.39 Å². The molecule has 0 aromatic heterocycles. The Labute approximate surface area is 91.9 Å². The molecule has 0 bridgehead atoms. The van der Waals surface area contributed by atoms with Gasteiger partial charge in [0.05, 0.1) is 11.6 Å². The average molecular weight is 229 g/mol. The molecule has 0 amide bonds. The number of benzene rings is 1. The van der Waals surface area contributed by atoms with E-state index in [2.05, 4.69) is 10.3 Å². The first kappa shape index (κ1) is 10.2. The van der Waals surface area contributed by atoms with Crippen molar-refractivity contribution < 1.29 is 9.13 Å². The molecule has 0 spiro atoms. The molecule has 1 aliphatic rings. The van der Waals surface area contributed by atoms with E-state index in [-0.39, 0.29) is 5.02 Å². The summed E-state index contributed by atoms with van der Waals surface area (Å²) < 4.78 is 18.4. The van der Waals surface area contributed by atoms with E-state index in [1.807, 2.05) is 0 Å². The molecule has 0 unspecified atom stereocenters. The molecular formula is C10H10ClFN2O. The van der Waals surface area contributed by atoms with Gasteiger partial charge >= 0.3 is 0 Å². The maximum Gasteiger partial charge on any atom is 0.145 e. The van der Waals surface area contributed by atoms with E-state index < -0.39 is 5.82 Å². The van der Waals surface area contributed by atoms with Crippen LogP contribution in [-0.2, 0) is 0 Å². The van der Waals surface area contributed by atoms with E-state index in [0.717, 1.165) is 18.9 Å². The van der Waals surface area contributed by atoms with E-state index in [4.69, 9.17) is 16.3 Å². The second-order valence-corrected chi connectivity index (χ2v) is 3.53. The monoisotopic (exact) mass is 228 g/mol. The molecule has 15 heavy (non-hydrogen) atoms. The van der Waals surface area contributed by atoms with Gasteiger partial charge in [-0.05, 0) is 12.1 Å². The fourth-order valence-corrected chi connectivity index (χ4v) is 1.38. The number of nitrogens with zero attached hydrogens (tertiary/aromatic N) is 1. The van der Waals surface area contributed by atoms with Gasteiger partial charge in [-0.2, -0.15) is 0 Å². The molecule has 3 nitrogen and oxygen atoms in total. The lowest BCUT2D eigenvalue weighted by atomic mass is 10.3. The van der Waals surface area contributed by atoms with Gasteiger partial charge < -0.3 is 10.1 Å². The summed E-state index contributed by atoms with van der Waals surface area (Å²) in [6, 6.07) is 4.36. The Morgan fingerprint density at radius 3 is 3.07 bits per heavy atom. The molecule has 1 aromatic carbocycles. The molecule has 0 saturated heterocycles. The van der Waals surface area contributed by atoms with E-state index >= 15 is 0 Å². The number of ether oxygens (including phenoxy) is 1. The van der Waals surface area contributed by atoms with Crippen molar-refractivity contribution in [1.82, 2.24) is 5.32 Å². The summed E-state index contributed by atoms with van der Waals surface area (Å²) in [4.78, 5) is 4.15. The van der Waals surface area contributed by atoms with E-state index in [1.165, 1.54) is 12.1 Å². The van der Waals surface area contributed by atoms with Gasteiger partial charge in [-0.15, -0.1) is 0 Å². The minimum absolute atomic E-state index is 0.0960. The van der Waals surface area contributed by atoms with Crippen LogP contribution in [0, 0.1) is 5.82 Å². The first-order valence-electron chi connectivity index (χ1n) is 4.61. The van der Waals surface area contributed by atoms with Crippen molar-refractivity contribution in [1.29, 1.82) is 0 Å². The van der Waals surface area contributed by atoms with Crippen LogP contribution in [0.2, 0.25) is 5.02 Å². The zero-order valence-corrected chi connectivity index (χ0v) is 8.72. The van der Waals surface area contributed by atoms with E-state index in [9.17, 15) is 4.39 Å². The maximum absolute atomic E-state index is 13.0. The predicted octanol–water partition coefficient (Wildman–Crippen LogP) is 1.86. The summed E-state index contributed by atoms with van der Waals surface area (Å²) in [6.07, 6.45) is 0. The minimum Gasteiger partial charge on any atom is -0.486 e. The summed E-state index contributed by atoms with van der Waals surface area (Å²) in [6.45, 7) is 1.95. The molecule has 1 aliphatic heterocycles. The third-order valence-electron chi connectivity index (χ3n) is 2.01. The fourth-order valence-electron chi connectivity index (χ4n) is 1.26.